The third-order valence-corrected chi connectivity index (χ3v) is 10.6. The first-order valence-corrected chi connectivity index (χ1v) is 22.2. The highest BCUT2D eigenvalue weighted by molar-refractivity contribution is 6.35. The van der Waals surface area contributed by atoms with Crippen LogP contribution < -0.4 is 21.3 Å². The molecule has 0 fully saturated rings. The monoisotopic (exact) mass is 976 g/mol. The molecule has 2 atom stereocenters. The van der Waals surface area contributed by atoms with E-state index in [1.165, 1.54) is 62.4 Å². The summed E-state index contributed by atoms with van der Waals surface area (Å²) in [4.78, 5) is 78.4. The lowest BCUT2D eigenvalue weighted by Gasteiger charge is -2.15. The molecule has 0 aliphatic carbocycles. The van der Waals surface area contributed by atoms with Gasteiger partial charge in [-0.1, -0.05) is 47.5 Å². The Bertz CT molecular complexity index is 2660. The lowest BCUT2D eigenvalue weighted by molar-refractivity contribution is -0.127. The van der Waals surface area contributed by atoms with E-state index in [0.29, 0.717) is 41.5 Å². The highest BCUT2D eigenvalue weighted by Crippen LogP contribution is 2.28. The van der Waals surface area contributed by atoms with Crippen molar-refractivity contribution in [3.05, 3.63) is 141 Å². The third-order valence-electron chi connectivity index (χ3n) is 9.36. The molecule has 0 bridgehead atoms. The highest BCUT2D eigenvalue weighted by Gasteiger charge is 2.26. The minimum absolute atomic E-state index is 0.0868. The molecule has 5 aromatic rings. The summed E-state index contributed by atoms with van der Waals surface area (Å²) < 4.78 is 0. The standard InChI is InChI=1S/C46H41Cl5N8O6/c1-26(60)41(58-56-34-9-12-38(50)36(24-34)43(62)52-31-7-3-5-28(21-31)15-18-47)45(64)54-33-11-14-40(30(23-33)17-20-49)55-46(65)42(27(2)61)59-57-35-10-13-39(51)37(25-35)44(63)53-32-8-4-6-29(22-32)16-19-48/h3-14,21-25,41-42H,15-20H2,1-2H3,(H,52,62)(H,53,63)(H,54,64)(H,55,65). The molecule has 65 heavy (non-hydrogen) atoms. The van der Waals surface area contributed by atoms with Gasteiger partial charge in [0.15, 0.2) is 11.6 Å². The first-order chi connectivity index (χ1) is 31.2. The molecule has 0 aliphatic heterocycles. The van der Waals surface area contributed by atoms with E-state index in [1.54, 1.807) is 42.5 Å². The summed E-state index contributed by atoms with van der Waals surface area (Å²) in [7, 11) is 0. The van der Waals surface area contributed by atoms with Crippen LogP contribution in [0.5, 0.6) is 0 Å². The Balaban J connectivity index is 1.26. The summed E-state index contributed by atoms with van der Waals surface area (Å²) in [6.07, 6.45) is 1.46. The second-order valence-corrected chi connectivity index (χ2v) is 16.2. The molecule has 4 N–H and O–H groups in total. The van der Waals surface area contributed by atoms with Gasteiger partial charge in [-0.25, -0.2) is 0 Å². The van der Waals surface area contributed by atoms with Crippen LogP contribution in [0.1, 0.15) is 51.3 Å². The van der Waals surface area contributed by atoms with E-state index < -0.39 is 47.3 Å². The van der Waals surface area contributed by atoms with Crippen molar-refractivity contribution in [2.24, 2.45) is 20.5 Å². The predicted octanol–water partition coefficient (Wildman–Crippen LogP) is 11.2. The number of amides is 4. The van der Waals surface area contributed by atoms with Crippen molar-refractivity contribution in [3.63, 3.8) is 0 Å². The summed E-state index contributed by atoms with van der Waals surface area (Å²) >= 11 is 30.5. The number of ketones is 2. The molecule has 0 heterocycles. The van der Waals surface area contributed by atoms with Crippen LogP contribution in [-0.4, -0.2) is 64.9 Å². The van der Waals surface area contributed by atoms with Gasteiger partial charge in [-0.15, -0.1) is 34.8 Å². The fourth-order valence-corrected chi connectivity index (χ4v) is 7.17. The number of hydrogen-bond acceptors (Lipinski definition) is 10. The van der Waals surface area contributed by atoms with Crippen molar-refractivity contribution in [3.8, 4) is 0 Å². The molecule has 0 aliphatic rings. The second kappa shape index (κ2) is 24.3. The third kappa shape index (κ3) is 14.5. The van der Waals surface area contributed by atoms with Gasteiger partial charge in [0.1, 0.15) is 0 Å². The van der Waals surface area contributed by atoms with Crippen LogP contribution in [0.2, 0.25) is 10.0 Å². The molecule has 5 rings (SSSR count). The summed E-state index contributed by atoms with van der Waals surface area (Å²) in [5, 5.41) is 27.3. The molecule has 4 amide bonds. The van der Waals surface area contributed by atoms with Crippen LogP contribution in [0.4, 0.5) is 34.1 Å². The Hall–Kier alpha value is -6.03. The van der Waals surface area contributed by atoms with E-state index >= 15 is 0 Å². The van der Waals surface area contributed by atoms with Crippen molar-refractivity contribution in [1.29, 1.82) is 0 Å². The van der Waals surface area contributed by atoms with Crippen LogP contribution in [0.3, 0.4) is 0 Å². The zero-order chi connectivity index (χ0) is 47.0. The van der Waals surface area contributed by atoms with E-state index in [2.05, 4.69) is 41.7 Å². The van der Waals surface area contributed by atoms with Crippen molar-refractivity contribution < 1.29 is 28.8 Å². The molecule has 14 nitrogen and oxygen atoms in total. The first-order valence-electron chi connectivity index (χ1n) is 19.8. The Kier molecular flexibility index (Phi) is 18.7. The quantitative estimate of drug-likeness (QED) is 0.0340. The van der Waals surface area contributed by atoms with E-state index in [4.69, 9.17) is 58.0 Å². The topological polar surface area (TPSA) is 200 Å². The molecule has 19 heteroatoms. The molecule has 0 saturated carbocycles. The lowest BCUT2D eigenvalue weighted by Crippen LogP contribution is -2.32. The van der Waals surface area contributed by atoms with Crippen LogP contribution in [0, 0.1) is 0 Å². The predicted molar refractivity (Wildman–Crippen MR) is 257 cm³/mol. The van der Waals surface area contributed by atoms with Gasteiger partial charge in [-0.3, -0.25) is 28.8 Å². The van der Waals surface area contributed by atoms with Gasteiger partial charge in [0.25, 0.3) is 23.6 Å². The number of carbonyl (C=O) groups is 6. The maximum atomic E-state index is 13.5. The minimum Gasteiger partial charge on any atom is -0.324 e. The average molecular weight is 979 g/mol. The summed E-state index contributed by atoms with van der Waals surface area (Å²) in [5.41, 5.74) is 4.42. The minimum atomic E-state index is -1.58. The number of nitrogens with zero attached hydrogens (tertiary/aromatic N) is 4. The van der Waals surface area contributed by atoms with Gasteiger partial charge < -0.3 is 21.3 Å². The summed E-state index contributed by atoms with van der Waals surface area (Å²) in [6.45, 7) is 2.35. The van der Waals surface area contributed by atoms with E-state index in [0.717, 1.165) is 11.1 Å². The lowest BCUT2D eigenvalue weighted by atomic mass is 10.1. The largest absolute Gasteiger partial charge is 0.324 e. The van der Waals surface area contributed by atoms with Gasteiger partial charge in [-0.05, 0) is 129 Å². The van der Waals surface area contributed by atoms with Crippen LogP contribution in [0.25, 0.3) is 0 Å². The van der Waals surface area contributed by atoms with Gasteiger partial charge in [0.2, 0.25) is 12.1 Å². The summed E-state index contributed by atoms with van der Waals surface area (Å²) in [6, 6.07) is 24.3. The van der Waals surface area contributed by atoms with Crippen LogP contribution in [0.15, 0.2) is 124 Å². The number of aryl methyl sites for hydroxylation is 3. The fraction of sp³-hybridized carbons (Fsp3) is 0.217. The van der Waals surface area contributed by atoms with Gasteiger partial charge in [0.05, 0.1) is 32.5 Å². The molecular formula is C46H41Cl5N8O6. The molecule has 5 aromatic carbocycles. The van der Waals surface area contributed by atoms with E-state index in [1.807, 2.05) is 12.1 Å². The Morgan fingerprint density at radius 3 is 1.40 bits per heavy atom. The number of anilines is 4. The first kappa shape index (κ1) is 50.0. The highest BCUT2D eigenvalue weighted by atomic mass is 35.5. The molecule has 0 saturated heterocycles. The fourth-order valence-electron chi connectivity index (χ4n) is 6.12. The van der Waals surface area contributed by atoms with Gasteiger partial charge in [0, 0.05) is 40.4 Å². The zero-order valence-corrected chi connectivity index (χ0v) is 38.6. The smallest absolute Gasteiger partial charge is 0.258 e. The van der Waals surface area contributed by atoms with Crippen molar-refractivity contribution in [1.82, 2.24) is 0 Å². The van der Waals surface area contributed by atoms with Crippen molar-refractivity contribution >= 4 is 127 Å². The molecular weight excluding hydrogens is 938 g/mol. The molecule has 2 unspecified atom stereocenters. The molecule has 0 radical (unpaired) electrons. The number of hydrogen-bond donors (Lipinski definition) is 4. The number of carbonyl (C=O) groups excluding carboxylic acids is 6. The number of rotatable bonds is 20. The van der Waals surface area contributed by atoms with Crippen LogP contribution in [-0.2, 0) is 38.4 Å². The number of Topliss-reactive ketones (excluding diaryl/α,β-unsaturated/α-hetero) is 2. The number of halogens is 5. The Morgan fingerprint density at radius 2 is 0.954 bits per heavy atom. The number of azo groups is 2. The average Bonchev–Trinajstić information content (AvgIpc) is 3.26. The molecule has 0 spiro atoms. The van der Waals surface area contributed by atoms with E-state index in [-0.39, 0.29) is 56.2 Å². The Labute approximate surface area is 399 Å². The SMILES string of the molecule is CC(=O)C(N=Nc1ccc(Cl)c(C(=O)Nc2cccc(CCCl)c2)c1)C(=O)Nc1ccc(NC(=O)C(N=Nc2ccc(Cl)c(C(=O)Nc3cccc(CCCl)c3)c2)C(C)=O)c(CCCl)c1. The summed E-state index contributed by atoms with van der Waals surface area (Å²) in [5.74, 6) is -2.93. The Morgan fingerprint density at radius 1 is 0.508 bits per heavy atom. The molecule has 0 aromatic heterocycles. The van der Waals surface area contributed by atoms with Crippen molar-refractivity contribution in [2.45, 2.75) is 45.2 Å². The maximum absolute atomic E-state index is 13.5. The van der Waals surface area contributed by atoms with Crippen LogP contribution >= 0.6 is 58.0 Å². The second-order valence-electron chi connectivity index (χ2n) is 14.3. The van der Waals surface area contributed by atoms with Gasteiger partial charge in [-0.2, -0.15) is 20.5 Å². The van der Waals surface area contributed by atoms with E-state index in [9.17, 15) is 28.8 Å². The number of nitrogens with one attached hydrogen (secondary N) is 4. The molecule has 336 valence electrons. The zero-order valence-electron chi connectivity index (χ0n) is 34.8. The maximum Gasteiger partial charge on any atom is 0.258 e. The normalized spacial score (nSPS) is 12.1. The van der Waals surface area contributed by atoms with Crippen molar-refractivity contribution in [2.75, 3.05) is 38.9 Å². The number of alkyl halides is 3. The number of benzene rings is 5. The van der Waals surface area contributed by atoms with Gasteiger partial charge >= 0.3 is 0 Å².